The van der Waals surface area contributed by atoms with Crippen molar-refractivity contribution in [3.63, 3.8) is 0 Å². The highest BCUT2D eigenvalue weighted by Gasteiger charge is 2.23. The molecule has 0 aromatic carbocycles. The summed E-state index contributed by atoms with van der Waals surface area (Å²) in [6, 6.07) is 0. The first-order valence-corrected chi connectivity index (χ1v) is 7.97. The molecule has 0 unspecified atom stereocenters. The van der Waals surface area contributed by atoms with Crippen LogP contribution in [0.1, 0.15) is 54.5 Å². The van der Waals surface area contributed by atoms with E-state index in [0.29, 0.717) is 18.2 Å². The van der Waals surface area contributed by atoms with E-state index in [1.807, 2.05) is 12.3 Å². The average molecular weight is 282 g/mol. The van der Waals surface area contributed by atoms with Crippen molar-refractivity contribution in [2.45, 2.75) is 39.0 Å². The van der Waals surface area contributed by atoms with Crippen LogP contribution in [0.3, 0.4) is 0 Å². The van der Waals surface area contributed by atoms with E-state index in [4.69, 9.17) is 4.74 Å². The molecule has 106 valence electrons. The van der Waals surface area contributed by atoms with Gasteiger partial charge < -0.3 is 9.64 Å². The second-order valence-corrected chi connectivity index (χ2v) is 5.80. The summed E-state index contributed by atoms with van der Waals surface area (Å²) in [5.74, 6) is 0.217. The fourth-order valence-corrected chi connectivity index (χ4v) is 3.45. The van der Waals surface area contributed by atoms with E-state index >= 15 is 0 Å². The van der Waals surface area contributed by atoms with E-state index in [9.17, 15) is 4.79 Å². The molecule has 1 aromatic heterocycles. The fraction of sp³-hybridized carbons (Fsp3) is 0.714. The van der Waals surface area contributed by atoms with Gasteiger partial charge in [0.2, 0.25) is 0 Å². The number of rotatable bonds is 5. The molecule has 1 aliphatic rings. The van der Waals surface area contributed by atoms with Crippen LogP contribution in [0.5, 0.6) is 0 Å². The number of hydrogen-bond donors (Lipinski definition) is 0. The lowest BCUT2D eigenvalue weighted by atomic mass is 9.97. The van der Waals surface area contributed by atoms with Crippen LogP contribution in [-0.4, -0.2) is 42.1 Å². The predicted octanol–water partition coefficient (Wildman–Crippen LogP) is 2.91. The zero-order chi connectivity index (χ0) is 13.7. The van der Waals surface area contributed by atoms with E-state index in [0.717, 1.165) is 30.9 Å². The molecular weight excluding hydrogens is 260 g/mol. The van der Waals surface area contributed by atoms with E-state index in [1.165, 1.54) is 13.0 Å². The third-order valence-electron chi connectivity index (χ3n) is 3.48. The van der Waals surface area contributed by atoms with Crippen LogP contribution in [0.15, 0.2) is 5.38 Å². The second kappa shape index (κ2) is 7.01. The SMILES string of the molecule is CCCN1CCC(c2nc(C(=O)OCC)cs2)CC1. The summed E-state index contributed by atoms with van der Waals surface area (Å²) in [4.78, 5) is 18.6. The maximum atomic E-state index is 11.6. The predicted molar refractivity (Wildman–Crippen MR) is 76.8 cm³/mol. The van der Waals surface area contributed by atoms with Gasteiger partial charge in [0.1, 0.15) is 0 Å². The Morgan fingerprint density at radius 3 is 2.84 bits per heavy atom. The molecule has 5 heteroatoms. The molecule has 0 saturated carbocycles. The first kappa shape index (κ1) is 14.5. The highest BCUT2D eigenvalue weighted by atomic mass is 32.1. The Hall–Kier alpha value is -0.940. The quantitative estimate of drug-likeness (QED) is 0.779. The summed E-state index contributed by atoms with van der Waals surface area (Å²) >= 11 is 1.59. The van der Waals surface area contributed by atoms with Crippen LogP contribution in [0.25, 0.3) is 0 Å². The smallest absolute Gasteiger partial charge is 0.357 e. The zero-order valence-corrected chi connectivity index (χ0v) is 12.5. The molecule has 0 bridgehead atoms. The highest BCUT2D eigenvalue weighted by Crippen LogP contribution is 2.30. The third-order valence-corrected chi connectivity index (χ3v) is 4.49. The van der Waals surface area contributed by atoms with E-state index in [-0.39, 0.29) is 5.97 Å². The van der Waals surface area contributed by atoms with Crippen LogP contribution in [0.4, 0.5) is 0 Å². The van der Waals surface area contributed by atoms with Gasteiger partial charge in [0.05, 0.1) is 11.6 Å². The van der Waals surface area contributed by atoms with Gasteiger partial charge in [-0.1, -0.05) is 6.92 Å². The van der Waals surface area contributed by atoms with Gasteiger partial charge >= 0.3 is 5.97 Å². The van der Waals surface area contributed by atoms with Crippen molar-refractivity contribution in [2.24, 2.45) is 0 Å². The van der Waals surface area contributed by atoms with E-state index in [2.05, 4.69) is 16.8 Å². The topological polar surface area (TPSA) is 42.4 Å². The lowest BCUT2D eigenvalue weighted by Crippen LogP contribution is -2.33. The molecule has 1 aliphatic heterocycles. The first-order valence-electron chi connectivity index (χ1n) is 7.09. The lowest BCUT2D eigenvalue weighted by molar-refractivity contribution is 0.0520. The Kier molecular flexibility index (Phi) is 5.34. The Balaban J connectivity index is 1.91. The summed E-state index contributed by atoms with van der Waals surface area (Å²) in [6.07, 6.45) is 3.51. The molecular formula is C14H22N2O2S. The number of carbonyl (C=O) groups excluding carboxylic acids is 1. The summed E-state index contributed by atoms with van der Waals surface area (Å²) in [7, 11) is 0. The molecule has 0 aliphatic carbocycles. The number of hydrogen-bond acceptors (Lipinski definition) is 5. The fourth-order valence-electron chi connectivity index (χ4n) is 2.49. The Labute approximate surface area is 118 Å². The van der Waals surface area contributed by atoms with Crippen molar-refractivity contribution in [1.29, 1.82) is 0 Å². The number of aromatic nitrogens is 1. The highest BCUT2D eigenvalue weighted by molar-refractivity contribution is 7.09. The summed E-state index contributed by atoms with van der Waals surface area (Å²) in [6.45, 7) is 7.92. The standard InChI is InChI=1S/C14H22N2O2S/c1-3-7-16-8-5-11(6-9-16)13-15-12(10-19-13)14(17)18-4-2/h10-11H,3-9H2,1-2H3. The van der Waals surface area contributed by atoms with Gasteiger partial charge in [0, 0.05) is 11.3 Å². The molecule has 19 heavy (non-hydrogen) atoms. The lowest BCUT2D eigenvalue weighted by Gasteiger charge is -2.30. The molecule has 1 fully saturated rings. The molecule has 4 nitrogen and oxygen atoms in total. The van der Waals surface area contributed by atoms with Crippen LogP contribution < -0.4 is 0 Å². The number of piperidine rings is 1. The van der Waals surface area contributed by atoms with Crippen molar-refractivity contribution >= 4 is 17.3 Å². The Morgan fingerprint density at radius 1 is 1.47 bits per heavy atom. The van der Waals surface area contributed by atoms with E-state index in [1.54, 1.807) is 11.3 Å². The molecule has 2 heterocycles. The van der Waals surface area contributed by atoms with Crippen molar-refractivity contribution in [1.82, 2.24) is 9.88 Å². The largest absolute Gasteiger partial charge is 0.461 e. The van der Waals surface area contributed by atoms with Gasteiger partial charge in [0.25, 0.3) is 0 Å². The van der Waals surface area contributed by atoms with Gasteiger partial charge in [-0.15, -0.1) is 11.3 Å². The molecule has 0 atom stereocenters. The monoisotopic (exact) mass is 282 g/mol. The molecule has 2 rings (SSSR count). The maximum Gasteiger partial charge on any atom is 0.357 e. The van der Waals surface area contributed by atoms with Crippen LogP contribution >= 0.6 is 11.3 Å². The molecule has 0 radical (unpaired) electrons. The van der Waals surface area contributed by atoms with Crippen LogP contribution in [0, 0.1) is 0 Å². The minimum atomic E-state index is -0.298. The molecule has 1 aromatic rings. The van der Waals surface area contributed by atoms with Crippen molar-refractivity contribution < 1.29 is 9.53 Å². The Bertz CT molecular complexity index is 411. The van der Waals surface area contributed by atoms with Gasteiger partial charge in [-0.2, -0.15) is 0 Å². The van der Waals surface area contributed by atoms with Crippen LogP contribution in [0.2, 0.25) is 0 Å². The third kappa shape index (κ3) is 3.76. The number of esters is 1. The minimum Gasteiger partial charge on any atom is -0.461 e. The van der Waals surface area contributed by atoms with Crippen molar-refractivity contribution in [3.05, 3.63) is 16.1 Å². The van der Waals surface area contributed by atoms with Gasteiger partial charge in [-0.25, -0.2) is 9.78 Å². The van der Waals surface area contributed by atoms with Gasteiger partial charge in [-0.3, -0.25) is 0 Å². The van der Waals surface area contributed by atoms with Gasteiger partial charge in [-0.05, 0) is 45.8 Å². The van der Waals surface area contributed by atoms with Crippen molar-refractivity contribution in [2.75, 3.05) is 26.2 Å². The first-order chi connectivity index (χ1) is 9.24. The minimum absolute atomic E-state index is 0.298. The number of carbonyl (C=O) groups is 1. The summed E-state index contributed by atoms with van der Waals surface area (Å²) in [5.41, 5.74) is 0.470. The molecule has 0 N–H and O–H groups in total. The second-order valence-electron chi connectivity index (χ2n) is 4.91. The number of nitrogens with zero attached hydrogens (tertiary/aromatic N) is 2. The Morgan fingerprint density at radius 2 is 2.21 bits per heavy atom. The van der Waals surface area contributed by atoms with Crippen LogP contribution in [-0.2, 0) is 4.74 Å². The maximum absolute atomic E-state index is 11.6. The molecule has 1 saturated heterocycles. The van der Waals surface area contributed by atoms with Gasteiger partial charge in [0.15, 0.2) is 5.69 Å². The number of likely N-dealkylation sites (tertiary alicyclic amines) is 1. The summed E-state index contributed by atoms with van der Waals surface area (Å²) in [5, 5.41) is 2.92. The van der Waals surface area contributed by atoms with Crippen molar-refractivity contribution in [3.8, 4) is 0 Å². The summed E-state index contributed by atoms with van der Waals surface area (Å²) < 4.78 is 4.97. The number of ether oxygens (including phenoxy) is 1. The van der Waals surface area contributed by atoms with E-state index < -0.39 is 0 Å². The molecule has 0 spiro atoms. The zero-order valence-electron chi connectivity index (χ0n) is 11.7. The average Bonchev–Trinajstić information content (AvgIpc) is 2.90. The molecule has 0 amide bonds. The normalized spacial score (nSPS) is 17.6. The number of thiazole rings is 1.